The van der Waals surface area contributed by atoms with Gasteiger partial charge in [0.05, 0.1) is 16.7 Å². The van der Waals surface area contributed by atoms with Gasteiger partial charge in [-0.25, -0.2) is 9.18 Å². The Morgan fingerprint density at radius 3 is 2.52 bits per heavy atom. The van der Waals surface area contributed by atoms with E-state index < -0.39 is 28.0 Å². The lowest BCUT2D eigenvalue weighted by Gasteiger charge is -2.09. The Morgan fingerprint density at radius 2 is 1.95 bits per heavy atom. The number of anilines is 1. The van der Waals surface area contributed by atoms with Gasteiger partial charge in [0.1, 0.15) is 5.56 Å². The zero-order valence-electron chi connectivity index (χ0n) is 11.3. The quantitative estimate of drug-likeness (QED) is 0.366. The van der Waals surface area contributed by atoms with Gasteiger partial charge in [-0.2, -0.15) is 0 Å². The van der Waals surface area contributed by atoms with E-state index in [0.29, 0.717) is 19.0 Å². The number of benzene rings is 1. The van der Waals surface area contributed by atoms with Gasteiger partial charge in [-0.1, -0.05) is 12.8 Å². The van der Waals surface area contributed by atoms with Gasteiger partial charge < -0.3 is 15.5 Å². The van der Waals surface area contributed by atoms with Gasteiger partial charge in [0.15, 0.2) is 5.82 Å². The zero-order valence-corrected chi connectivity index (χ0v) is 11.3. The fourth-order valence-electron chi connectivity index (χ4n) is 1.83. The van der Waals surface area contributed by atoms with Crippen molar-refractivity contribution in [3.8, 4) is 0 Å². The van der Waals surface area contributed by atoms with E-state index in [-0.39, 0.29) is 12.3 Å². The number of hydrogen-bond acceptors (Lipinski definition) is 5. The van der Waals surface area contributed by atoms with Gasteiger partial charge >= 0.3 is 5.97 Å². The SMILES string of the molecule is O=C(O)c1cc(NCCCCCCO)c(F)cc1[N+](=O)[O-]. The van der Waals surface area contributed by atoms with Crippen LogP contribution >= 0.6 is 0 Å². The number of aromatic carboxylic acids is 1. The van der Waals surface area contributed by atoms with Crippen molar-refractivity contribution in [3.63, 3.8) is 0 Å². The predicted octanol–water partition coefficient (Wildman–Crippen LogP) is 2.40. The number of aliphatic hydroxyl groups excluding tert-OH is 1. The average Bonchev–Trinajstić information content (AvgIpc) is 2.43. The predicted molar refractivity (Wildman–Crippen MR) is 74.1 cm³/mol. The second-order valence-corrected chi connectivity index (χ2v) is 4.48. The second-order valence-electron chi connectivity index (χ2n) is 4.48. The summed E-state index contributed by atoms with van der Waals surface area (Å²) in [5.41, 5.74) is -1.39. The highest BCUT2D eigenvalue weighted by molar-refractivity contribution is 5.93. The van der Waals surface area contributed by atoms with Gasteiger partial charge in [-0.3, -0.25) is 10.1 Å². The number of nitrogens with one attached hydrogen (secondary N) is 1. The fraction of sp³-hybridized carbons (Fsp3) is 0.462. The topological polar surface area (TPSA) is 113 Å². The van der Waals surface area contributed by atoms with E-state index in [4.69, 9.17) is 10.2 Å². The maximum Gasteiger partial charge on any atom is 0.342 e. The van der Waals surface area contributed by atoms with Gasteiger partial charge in [-0.15, -0.1) is 0 Å². The van der Waals surface area contributed by atoms with Crippen molar-refractivity contribution in [1.82, 2.24) is 0 Å². The van der Waals surface area contributed by atoms with E-state index in [1.165, 1.54) is 0 Å². The molecular weight excluding hydrogens is 283 g/mol. The molecule has 1 aromatic rings. The van der Waals surface area contributed by atoms with E-state index in [0.717, 1.165) is 25.3 Å². The van der Waals surface area contributed by atoms with Crippen LogP contribution in [0.25, 0.3) is 0 Å². The first-order valence-corrected chi connectivity index (χ1v) is 6.53. The fourth-order valence-corrected chi connectivity index (χ4v) is 1.83. The zero-order chi connectivity index (χ0) is 15.8. The van der Waals surface area contributed by atoms with E-state index in [1.54, 1.807) is 0 Å². The highest BCUT2D eigenvalue weighted by Crippen LogP contribution is 2.26. The Labute approximate surface area is 120 Å². The van der Waals surface area contributed by atoms with Crippen LogP contribution in [0.2, 0.25) is 0 Å². The third-order valence-electron chi connectivity index (χ3n) is 2.91. The summed E-state index contributed by atoms with van der Waals surface area (Å²) in [6.45, 7) is 0.547. The molecule has 116 valence electrons. The van der Waals surface area contributed by atoms with Crippen molar-refractivity contribution in [2.24, 2.45) is 0 Å². The number of carboxylic acid groups (broad SMARTS) is 1. The van der Waals surface area contributed by atoms with Crippen LogP contribution in [-0.2, 0) is 0 Å². The van der Waals surface area contributed by atoms with Crippen LogP contribution in [0.3, 0.4) is 0 Å². The Morgan fingerprint density at radius 1 is 1.29 bits per heavy atom. The molecular formula is C13H17FN2O5. The van der Waals surface area contributed by atoms with Gasteiger partial charge in [0, 0.05) is 13.2 Å². The molecule has 8 heteroatoms. The minimum Gasteiger partial charge on any atom is -0.477 e. The number of nitro groups is 1. The Kier molecular flexibility index (Phi) is 6.54. The lowest BCUT2D eigenvalue weighted by molar-refractivity contribution is -0.385. The molecule has 0 radical (unpaired) electrons. The molecule has 0 fully saturated rings. The number of nitrogens with zero attached hydrogens (tertiary/aromatic N) is 1. The van der Waals surface area contributed by atoms with Gasteiger partial charge in [0.2, 0.25) is 0 Å². The molecule has 0 unspecified atom stereocenters. The van der Waals surface area contributed by atoms with Crippen molar-refractivity contribution in [3.05, 3.63) is 33.6 Å². The van der Waals surface area contributed by atoms with Crippen LogP contribution in [0.4, 0.5) is 15.8 Å². The summed E-state index contributed by atoms with van der Waals surface area (Å²) < 4.78 is 13.7. The molecule has 0 saturated carbocycles. The molecule has 0 aromatic heterocycles. The maximum absolute atomic E-state index is 13.7. The number of carboxylic acids is 1. The highest BCUT2D eigenvalue weighted by Gasteiger charge is 2.23. The Bertz CT molecular complexity index is 522. The lowest BCUT2D eigenvalue weighted by atomic mass is 10.1. The molecule has 3 N–H and O–H groups in total. The molecule has 0 aliphatic heterocycles. The standard InChI is InChI=1S/C13H17FN2O5/c14-10-8-12(16(20)21)9(13(18)19)7-11(10)15-5-3-1-2-4-6-17/h7-8,15,17H,1-6H2,(H,18,19). The van der Waals surface area contributed by atoms with Crippen LogP contribution in [0, 0.1) is 15.9 Å². The molecule has 21 heavy (non-hydrogen) atoms. The molecule has 0 amide bonds. The van der Waals surface area contributed by atoms with E-state index in [1.807, 2.05) is 0 Å². The monoisotopic (exact) mass is 300 g/mol. The number of aliphatic hydroxyl groups is 1. The van der Waals surface area contributed by atoms with Crippen LogP contribution < -0.4 is 5.32 Å². The average molecular weight is 300 g/mol. The molecule has 1 aromatic carbocycles. The summed E-state index contributed by atoms with van der Waals surface area (Å²) in [4.78, 5) is 20.7. The third kappa shape index (κ3) is 4.99. The van der Waals surface area contributed by atoms with E-state index in [2.05, 4.69) is 5.32 Å². The number of rotatable bonds is 9. The van der Waals surface area contributed by atoms with Gasteiger partial charge in [0.25, 0.3) is 5.69 Å². The first kappa shape index (κ1) is 16.8. The molecule has 0 spiro atoms. The molecule has 0 aliphatic rings. The first-order chi connectivity index (χ1) is 9.97. The van der Waals surface area contributed by atoms with Gasteiger partial charge in [-0.05, 0) is 18.9 Å². The maximum atomic E-state index is 13.7. The molecule has 0 atom stereocenters. The smallest absolute Gasteiger partial charge is 0.342 e. The van der Waals surface area contributed by atoms with Crippen LogP contribution in [-0.4, -0.2) is 34.3 Å². The Hall–Kier alpha value is -2.22. The molecule has 1 rings (SSSR count). The molecule has 0 saturated heterocycles. The summed E-state index contributed by atoms with van der Waals surface area (Å²) >= 11 is 0. The number of hydrogen-bond donors (Lipinski definition) is 3. The number of unbranched alkanes of at least 4 members (excludes halogenated alkanes) is 3. The van der Waals surface area contributed by atoms with Crippen LogP contribution in [0.15, 0.2) is 12.1 Å². The first-order valence-electron chi connectivity index (χ1n) is 6.53. The number of nitro benzene ring substituents is 1. The van der Waals surface area contributed by atoms with Crippen LogP contribution in [0.5, 0.6) is 0 Å². The van der Waals surface area contributed by atoms with Crippen molar-refractivity contribution in [1.29, 1.82) is 0 Å². The summed E-state index contributed by atoms with van der Waals surface area (Å²) in [5, 5.41) is 30.9. The van der Waals surface area contributed by atoms with Crippen molar-refractivity contribution in [2.75, 3.05) is 18.5 Å². The van der Waals surface area contributed by atoms with E-state index >= 15 is 0 Å². The number of halogens is 1. The van der Waals surface area contributed by atoms with E-state index in [9.17, 15) is 19.3 Å². The largest absolute Gasteiger partial charge is 0.477 e. The van der Waals surface area contributed by atoms with Crippen molar-refractivity contribution >= 4 is 17.3 Å². The van der Waals surface area contributed by atoms with Crippen molar-refractivity contribution in [2.45, 2.75) is 25.7 Å². The molecule has 0 aliphatic carbocycles. The summed E-state index contributed by atoms with van der Waals surface area (Å²) in [6, 6.07) is 1.54. The minimum absolute atomic E-state index is 0.0693. The molecule has 0 heterocycles. The summed E-state index contributed by atoms with van der Waals surface area (Å²) in [7, 11) is 0. The molecule has 0 bridgehead atoms. The minimum atomic E-state index is -1.48. The normalized spacial score (nSPS) is 10.4. The van der Waals surface area contributed by atoms with Crippen molar-refractivity contribution < 1.29 is 24.3 Å². The number of carbonyl (C=O) groups is 1. The Balaban J connectivity index is 2.72. The second kappa shape index (κ2) is 8.15. The third-order valence-corrected chi connectivity index (χ3v) is 2.91. The summed E-state index contributed by atoms with van der Waals surface area (Å²) in [6.07, 6.45) is 3.11. The lowest BCUT2D eigenvalue weighted by Crippen LogP contribution is -2.08. The highest BCUT2D eigenvalue weighted by atomic mass is 19.1. The van der Waals surface area contributed by atoms with Crippen LogP contribution in [0.1, 0.15) is 36.0 Å². The molecule has 7 nitrogen and oxygen atoms in total. The summed E-state index contributed by atoms with van der Waals surface area (Å²) in [5.74, 6) is -2.34.